The van der Waals surface area contributed by atoms with E-state index in [1.807, 2.05) is 11.8 Å². The van der Waals surface area contributed by atoms with Crippen molar-refractivity contribution in [2.24, 2.45) is 0 Å². The first-order valence-electron chi connectivity index (χ1n) is 7.31. The highest BCUT2D eigenvalue weighted by Gasteiger charge is 2.23. The summed E-state index contributed by atoms with van der Waals surface area (Å²) in [5, 5.41) is 6.36. The average Bonchev–Trinajstić information content (AvgIpc) is 2.47. The van der Waals surface area contributed by atoms with E-state index in [-0.39, 0.29) is 35.6 Å². The number of carbonyl (C=O) groups excluding carboxylic acids is 1. The van der Waals surface area contributed by atoms with Gasteiger partial charge in [0.15, 0.2) is 0 Å². The molecular formula is C16H24ClFN2OS. The topological polar surface area (TPSA) is 41.1 Å². The third-order valence-corrected chi connectivity index (χ3v) is 4.91. The smallest absolute Gasteiger partial charge is 0.221 e. The normalized spacial score (nSPS) is 18.4. The number of thioether (sulfide) groups is 1. The van der Waals surface area contributed by atoms with Gasteiger partial charge in [-0.3, -0.25) is 4.79 Å². The van der Waals surface area contributed by atoms with Crippen molar-refractivity contribution in [3.8, 4) is 0 Å². The number of rotatable bonds is 5. The van der Waals surface area contributed by atoms with Crippen LogP contribution in [-0.2, 0) is 10.2 Å². The Morgan fingerprint density at radius 2 is 2.09 bits per heavy atom. The van der Waals surface area contributed by atoms with Crippen LogP contribution in [0.25, 0.3) is 0 Å². The lowest BCUT2D eigenvalue weighted by Gasteiger charge is -2.27. The van der Waals surface area contributed by atoms with Gasteiger partial charge in [0, 0.05) is 42.5 Å². The summed E-state index contributed by atoms with van der Waals surface area (Å²) < 4.78 is 13.0. The van der Waals surface area contributed by atoms with Gasteiger partial charge in [-0.15, -0.1) is 12.4 Å². The molecule has 1 aliphatic heterocycles. The fraction of sp³-hybridized carbons (Fsp3) is 0.562. The Kier molecular flexibility index (Phi) is 7.66. The molecule has 0 aromatic heterocycles. The van der Waals surface area contributed by atoms with E-state index >= 15 is 0 Å². The van der Waals surface area contributed by atoms with Crippen LogP contribution < -0.4 is 10.6 Å². The van der Waals surface area contributed by atoms with Crippen LogP contribution >= 0.6 is 24.2 Å². The number of benzene rings is 1. The fourth-order valence-corrected chi connectivity index (χ4v) is 3.32. The summed E-state index contributed by atoms with van der Waals surface area (Å²) in [5.74, 6) is 1.95. The van der Waals surface area contributed by atoms with Gasteiger partial charge in [0.05, 0.1) is 0 Å². The van der Waals surface area contributed by atoms with Crippen LogP contribution in [0, 0.1) is 5.82 Å². The van der Waals surface area contributed by atoms with Gasteiger partial charge in [0.2, 0.25) is 5.91 Å². The second kappa shape index (κ2) is 8.75. The fourth-order valence-electron chi connectivity index (χ4n) is 2.37. The van der Waals surface area contributed by atoms with Crippen molar-refractivity contribution in [1.29, 1.82) is 0 Å². The van der Waals surface area contributed by atoms with Gasteiger partial charge in [-0.05, 0) is 17.7 Å². The summed E-state index contributed by atoms with van der Waals surface area (Å²) in [6.07, 6.45) is 0.520. The molecule has 1 heterocycles. The van der Waals surface area contributed by atoms with Crippen molar-refractivity contribution in [2.45, 2.75) is 31.7 Å². The Morgan fingerprint density at radius 3 is 2.68 bits per heavy atom. The molecule has 1 aliphatic rings. The van der Waals surface area contributed by atoms with Crippen LogP contribution in [0.1, 0.15) is 25.8 Å². The Labute approximate surface area is 142 Å². The van der Waals surface area contributed by atoms with Crippen molar-refractivity contribution in [2.75, 3.05) is 24.6 Å². The summed E-state index contributed by atoms with van der Waals surface area (Å²) in [6, 6.07) is 6.75. The van der Waals surface area contributed by atoms with Gasteiger partial charge in [-0.1, -0.05) is 26.0 Å². The highest BCUT2D eigenvalue weighted by atomic mass is 35.5. The van der Waals surface area contributed by atoms with E-state index in [2.05, 4.69) is 24.5 Å². The number of carbonyl (C=O) groups is 1. The van der Waals surface area contributed by atoms with Crippen LogP contribution in [-0.4, -0.2) is 36.5 Å². The average molecular weight is 347 g/mol. The summed E-state index contributed by atoms with van der Waals surface area (Å²) in [6.45, 7) is 5.63. The van der Waals surface area contributed by atoms with Gasteiger partial charge in [0.1, 0.15) is 5.82 Å². The summed E-state index contributed by atoms with van der Waals surface area (Å²) in [4.78, 5) is 12.0. The Hall–Kier alpha value is -0.780. The number of hydrogen-bond acceptors (Lipinski definition) is 3. The van der Waals surface area contributed by atoms with E-state index in [1.54, 1.807) is 12.1 Å². The zero-order chi connectivity index (χ0) is 15.3. The molecule has 1 atom stereocenters. The molecule has 1 fully saturated rings. The molecule has 124 valence electrons. The number of halogens is 2. The summed E-state index contributed by atoms with van der Waals surface area (Å²) >= 11 is 1.89. The molecule has 1 aromatic carbocycles. The van der Waals surface area contributed by atoms with Gasteiger partial charge in [-0.25, -0.2) is 4.39 Å². The van der Waals surface area contributed by atoms with Gasteiger partial charge < -0.3 is 10.6 Å². The van der Waals surface area contributed by atoms with Gasteiger partial charge in [-0.2, -0.15) is 11.8 Å². The predicted molar refractivity (Wildman–Crippen MR) is 93.4 cm³/mol. The lowest BCUT2D eigenvalue weighted by molar-refractivity contribution is -0.121. The van der Waals surface area contributed by atoms with Crippen LogP contribution in [0.2, 0.25) is 0 Å². The number of hydrogen-bond donors (Lipinski definition) is 2. The molecule has 0 aliphatic carbocycles. The molecule has 22 heavy (non-hydrogen) atoms. The van der Waals surface area contributed by atoms with Crippen LogP contribution in [0.3, 0.4) is 0 Å². The van der Waals surface area contributed by atoms with Crippen molar-refractivity contribution in [1.82, 2.24) is 10.6 Å². The largest absolute Gasteiger partial charge is 0.355 e. The SMILES string of the molecule is CC(C)(CNC(=O)CC1CSCCN1)c1ccc(F)cc1.Cl. The van der Waals surface area contributed by atoms with Crippen molar-refractivity contribution < 1.29 is 9.18 Å². The minimum atomic E-state index is -0.237. The van der Waals surface area contributed by atoms with E-state index in [0.29, 0.717) is 13.0 Å². The summed E-state index contributed by atoms with van der Waals surface area (Å²) in [5.41, 5.74) is 0.813. The quantitative estimate of drug-likeness (QED) is 0.861. The second-order valence-corrected chi connectivity index (χ2v) is 7.25. The molecule has 2 N–H and O–H groups in total. The van der Waals surface area contributed by atoms with Crippen LogP contribution in [0.15, 0.2) is 24.3 Å². The molecule has 0 spiro atoms. The molecule has 2 rings (SSSR count). The molecule has 1 aromatic rings. The molecule has 0 bridgehead atoms. The molecule has 1 amide bonds. The zero-order valence-corrected chi connectivity index (χ0v) is 14.7. The molecule has 6 heteroatoms. The van der Waals surface area contributed by atoms with E-state index in [0.717, 1.165) is 23.6 Å². The first kappa shape index (κ1) is 19.3. The first-order valence-corrected chi connectivity index (χ1v) is 8.47. The molecule has 3 nitrogen and oxygen atoms in total. The highest BCUT2D eigenvalue weighted by molar-refractivity contribution is 7.99. The lowest BCUT2D eigenvalue weighted by atomic mass is 9.84. The predicted octanol–water partition coefficient (Wildman–Crippen LogP) is 2.74. The van der Waals surface area contributed by atoms with E-state index in [9.17, 15) is 9.18 Å². The molecule has 0 saturated carbocycles. The van der Waals surface area contributed by atoms with E-state index in [1.165, 1.54) is 12.1 Å². The second-order valence-electron chi connectivity index (χ2n) is 6.10. The third kappa shape index (κ3) is 5.78. The Balaban J connectivity index is 0.00000242. The maximum atomic E-state index is 13.0. The van der Waals surface area contributed by atoms with E-state index in [4.69, 9.17) is 0 Å². The molecular weight excluding hydrogens is 323 g/mol. The first-order chi connectivity index (χ1) is 9.97. The minimum absolute atomic E-state index is 0. The van der Waals surface area contributed by atoms with Gasteiger partial charge >= 0.3 is 0 Å². The van der Waals surface area contributed by atoms with E-state index < -0.39 is 0 Å². The minimum Gasteiger partial charge on any atom is -0.355 e. The maximum Gasteiger partial charge on any atom is 0.221 e. The number of nitrogens with one attached hydrogen (secondary N) is 2. The van der Waals surface area contributed by atoms with Crippen LogP contribution in [0.5, 0.6) is 0 Å². The molecule has 1 unspecified atom stereocenters. The van der Waals surface area contributed by atoms with Gasteiger partial charge in [0.25, 0.3) is 0 Å². The highest BCUT2D eigenvalue weighted by Crippen LogP contribution is 2.22. The Morgan fingerprint density at radius 1 is 1.41 bits per heavy atom. The van der Waals surface area contributed by atoms with Crippen molar-refractivity contribution >= 4 is 30.1 Å². The standard InChI is InChI=1S/C16H23FN2OS.ClH/c1-16(2,12-3-5-13(17)6-4-12)11-19-15(20)9-14-10-21-8-7-18-14;/h3-6,14,18H,7-11H2,1-2H3,(H,19,20);1H. The molecule has 0 radical (unpaired) electrons. The summed E-state index contributed by atoms with van der Waals surface area (Å²) in [7, 11) is 0. The molecule has 1 saturated heterocycles. The van der Waals surface area contributed by atoms with Crippen molar-refractivity contribution in [3.05, 3.63) is 35.6 Å². The zero-order valence-electron chi connectivity index (χ0n) is 13.0. The van der Waals surface area contributed by atoms with Crippen molar-refractivity contribution in [3.63, 3.8) is 0 Å². The monoisotopic (exact) mass is 346 g/mol. The third-order valence-electron chi connectivity index (χ3n) is 3.78. The Bertz CT molecular complexity index is 476. The maximum absolute atomic E-state index is 13.0. The lowest BCUT2D eigenvalue weighted by Crippen LogP contribution is -2.43. The number of amides is 1. The van der Waals surface area contributed by atoms with Crippen LogP contribution in [0.4, 0.5) is 4.39 Å².